The number of nitrogens with one attached hydrogen (secondary N) is 1. The molecule has 0 bridgehead atoms. The first-order valence-corrected chi connectivity index (χ1v) is 10.3. The molecule has 2 aliphatic heterocycles. The average molecular weight is 396 g/mol. The summed E-state index contributed by atoms with van der Waals surface area (Å²) in [7, 11) is 4.07. The maximum absolute atomic E-state index is 12.7. The maximum Gasteiger partial charge on any atom is 0.251 e. The quantitative estimate of drug-likeness (QED) is 0.835. The molecular weight excluding hydrogens is 366 g/mol. The number of anilines is 1. The number of carbonyl (C=O) groups excluding carboxylic acids is 1. The van der Waals surface area contributed by atoms with Gasteiger partial charge in [-0.25, -0.2) is 9.97 Å². The van der Waals surface area contributed by atoms with Crippen LogP contribution in [0, 0.1) is 0 Å². The molecule has 0 aliphatic carbocycles. The van der Waals surface area contributed by atoms with Crippen molar-refractivity contribution < 1.29 is 9.53 Å². The molecule has 1 amide bonds. The lowest BCUT2D eigenvalue weighted by Gasteiger charge is -2.33. The minimum absolute atomic E-state index is 0.0169. The van der Waals surface area contributed by atoms with Gasteiger partial charge >= 0.3 is 0 Å². The van der Waals surface area contributed by atoms with Gasteiger partial charge in [0.25, 0.3) is 5.91 Å². The van der Waals surface area contributed by atoms with E-state index in [0.29, 0.717) is 12.2 Å². The van der Waals surface area contributed by atoms with Gasteiger partial charge < -0.3 is 19.9 Å². The number of rotatable bonds is 5. The predicted molar refractivity (Wildman–Crippen MR) is 112 cm³/mol. The van der Waals surface area contributed by atoms with Crippen LogP contribution in [0.4, 0.5) is 5.95 Å². The molecule has 1 aromatic carbocycles. The fourth-order valence-corrected chi connectivity index (χ4v) is 3.94. The molecule has 1 aromatic heterocycles. The van der Waals surface area contributed by atoms with E-state index in [9.17, 15) is 4.79 Å². The van der Waals surface area contributed by atoms with Crippen LogP contribution in [-0.4, -0.2) is 60.6 Å². The van der Waals surface area contributed by atoms with Gasteiger partial charge in [0, 0.05) is 49.4 Å². The fraction of sp³-hybridized carbons (Fsp3) is 0.500. The van der Waals surface area contributed by atoms with Crippen LogP contribution < -0.4 is 10.2 Å². The molecule has 29 heavy (non-hydrogen) atoms. The molecule has 154 valence electrons. The zero-order valence-corrected chi connectivity index (χ0v) is 17.2. The minimum atomic E-state index is -0.0169. The van der Waals surface area contributed by atoms with Gasteiger partial charge in [-0.2, -0.15) is 0 Å². The molecular formula is C22H29N5O2. The number of aromatic nitrogens is 2. The monoisotopic (exact) mass is 395 g/mol. The lowest BCUT2D eigenvalue weighted by molar-refractivity contribution is 0.0933. The highest BCUT2D eigenvalue weighted by molar-refractivity contribution is 5.94. The second-order valence-electron chi connectivity index (χ2n) is 8.14. The van der Waals surface area contributed by atoms with Crippen molar-refractivity contribution in [2.24, 2.45) is 0 Å². The Morgan fingerprint density at radius 1 is 1.31 bits per heavy atom. The van der Waals surface area contributed by atoms with E-state index < -0.39 is 0 Å². The smallest absolute Gasteiger partial charge is 0.251 e. The van der Waals surface area contributed by atoms with Crippen LogP contribution in [0.5, 0.6) is 0 Å². The number of piperidine rings is 1. The second-order valence-corrected chi connectivity index (χ2v) is 8.14. The van der Waals surface area contributed by atoms with Crippen LogP contribution in [0.2, 0.25) is 0 Å². The fourth-order valence-electron chi connectivity index (χ4n) is 3.94. The van der Waals surface area contributed by atoms with Gasteiger partial charge in [0.05, 0.1) is 18.9 Å². The Morgan fingerprint density at radius 3 is 2.93 bits per heavy atom. The number of ether oxygens (including phenoxy) is 1. The Balaban J connectivity index is 1.38. The van der Waals surface area contributed by atoms with Crippen molar-refractivity contribution in [2.75, 3.05) is 38.7 Å². The number of fused-ring (bicyclic) bond motifs is 1. The molecule has 1 atom stereocenters. The summed E-state index contributed by atoms with van der Waals surface area (Å²) in [6, 6.07) is 7.95. The largest absolute Gasteiger partial charge is 0.376 e. The summed E-state index contributed by atoms with van der Waals surface area (Å²) in [4.78, 5) is 26.3. The van der Waals surface area contributed by atoms with Gasteiger partial charge in [-0.3, -0.25) is 4.79 Å². The third-order valence-corrected chi connectivity index (χ3v) is 5.44. The Hall–Kier alpha value is -2.51. The number of benzene rings is 1. The van der Waals surface area contributed by atoms with E-state index in [4.69, 9.17) is 9.72 Å². The highest BCUT2D eigenvalue weighted by Gasteiger charge is 2.24. The van der Waals surface area contributed by atoms with Crippen molar-refractivity contribution in [1.82, 2.24) is 20.2 Å². The number of amides is 1. The van der Waals surface area contributed by atoms with Crippen LogP contribution in [0.15, 0.2) is 30.5 Å². The first kappa shape index (κ1) is 19.8. The lowest BCUT2D eigenvalue weighted by atomic mass is 10.0. The Kier molecular flexibility index (Phi) is 6.06. The normalized spacial score (nSPS) is 19.1. The Morgan fingerprint density at radius 2 is 2.14 bits per heavy atom. The van der Waals surface area contributed by atoms with Crippen molar-refractivity contribution in [3.63, 3.8) is 0 Å². The van der Waals surface area contributed by atoms with Crippen LogP contribution in [0.25, 0.3) is 0 Å². The molecule has 3 heterocycles. The van der Waals surface area contributed by atoms with E-state index in [1.54, 1.807) is 0 Å². The summed E-state index contributed by atoms with van der Waals surface area (Å²) in [5, 5.41) is 3.19. The lowest BCUT2D eigenvalue weighted by Crippen LogP contribution is -2.48. The van der Waals surface area contributed by atoms with E-state index >= 15 is 0 Å². The predicted octanol–water partition coefficient (Wildman–Crippen LogP) is 2.01. The summed E-state index contributed by atoms with van der Waals surface area (Å²) in [6.45, 7) is 3.84. The molecule has 0 unspecified atom stereocenters. The Bertz CT molecular complexity index is 853. The topological polar surface area (TPSA) is 70.6 Å². The van der Waals surface area contributed by atoms with Crippen molar-refractivity contribution >= 4 is 11.9 Å². The van der Waals surface area contributed by atoms with Gasteiger partial charge in [-0.1, -0.05) is 12.1 Å². The molecule has 0 radical (unpaired) electrons. The zero-order chi connectivity index (χ0) is 20.2. The second kappa shape index (κ2) is 8.88. The average Bonchev–Trinajstić information content (AvgIpc) is 2.73. The Labute approximate surface area is 172 Å². The minimum Gasteiger partial charge on any atom is -0.376 e. The van der Waals surface area contributed by atoms with Crippen LogP contribution in [0.3, 0.4) is 0 Å². The molecule has 1 N–H and O–H groups in total. The summed E-state index contributed by atoms with van der Waals surface area (Å²) in [5.41, 5.74) is 4.07. The van der Waals surface area contributed by atoms with Crippen LogP contribution >= 0.6 is 0 Å². The van der Waals surface area contributed by atoms with Gasteiger partial charge in [0.15, 0.2) is 0 Å². The molecule has 7 nitrogen and oxygen atoms in total. The van der Waals surface area contributed by atoms with Gasteiger partial charge in [-0.15, -0.1) is 0 Å². The molecule has 4 rings (SSSR count). The number of hydrogen-bond acceptors (Lipinski definition) is 6. The first-order chi connectivity index (χ1) is 14.1. The zero-order valence-electron chi connectivity index (χ0n) is 17.2. The van der Waals surface area contributed by atoms with Gasteiger partial charge in [0.2, 0.25) is 5.95 Å². The van der Waals surface area contributed by atoms with Crippen molar-refractivity contribution in [3.8, 4) is 0 Å². The van der Waals surface area contributed by atoms with E-state index in [2.05, 4.69) is 20.1 Å². The van der Waals surface area contributed by atoms with Gasteiger partial charge in [-0.05, 0) is 44.6 Å². The summed E-state index contributed by atoms with van der Waals surface area (Å²) < 4.78 is 5.47. The van der Waals surface area contributed by atoms with Crippen molar-refractivity contribution in [2.45, 2.75) is 38.5 Å². The third kappa shape index (κ3) is 4.92. The molecule has 1 fully saturated rings. The molecule has 0 spiro atoms. The first-order valence-electron chi connectivity index (χ1n) is 10.3. The van der Waals surface area contributed by atoms with Crippen molar-refractivity contribution in [1.29, 1.82) is 0 Å². The molecule has 2 aliphatic rings. The number of nitrogens with zero attached hydrogens (tertiary/aromatic N) is 4. The van der Waals surface area contributed by atoms with E-state index in [1.807, 2.05) is 44.6 Å². The standard InChI is InChI=1S/C22H29N5O2/c1-26(2)13-16-5-7-17(8-6-16)21(28)24-19-4-3-10-27(14-19)22-23-12-18-15-29-11-9-20(18)25-22/h5-8,12,19H,3-4,9-11,13-15H2,1-2H3,(H,24,28)/t19-/m1/s1. The van der Waals surface area contributed by atoms with Crippen molar-refractivity contribution in [3.05, 3.63) is 52.8 Å². The summed E-state index contributed by atoms with van der Waals surface area (Å²) >= 11 is 0. The highest BCUT2D eigenvalue weighted by Crippen LogP contribution is 2.20. The molecule has 2 aromatic rings. The summed E-state index contributed by atoms with van der Waals surface area (Å²) in [5.74, 6) is 0.745. The van der Waals surface area contributed by atoms with Crippen LogP contribution in [0.1, 0.15) is 40.0 Å². The van der Waals surface area contributed by atoms with Crippen LogP contribution in [-0.2, 0) is 24.3 Å². The molecule has 7 heteroatoms. The molecule has 1 saturated heterocycles. The van der Waals surface area contributed by atoms with E-state index in [-0.39, 0.29) is 11.9 Å². The third-order valence-electron chi connectivity index (χ3n) is 5.44. The van der Waals surface area contributed by atoms with E-state index in [1.165, 1.54) is 5.56 Å². The van der Waals surface area contributed by atoms with Gasteiger partial charge in [0.1, 0.15) is 0 Å². The summed E-state index contributed by atoms with van der Waals surface area (Å²) in [6.07, 6.45) is 4.70. The van der Waals surface area contributed by atoms with E-state index in [0.717, 1.165) is 62.7 Å². The SMILES string of the molecule is CN(C)Cc1ccc(C(=O)N[C@@H]2CCCN(c3ncc4c(n3)CCOC4)C2)cc1. The highest BCUT2D eigenvalue weighted by atomic mass is 16.5. The maximum atomic E-state index is 12.7. The number of hydrogen-bond donors (Lipinski definition) is 1. The molecule has 0 saturated carbocycles. The number of carbonyl (C=O) groups is 1.